The third-order valence-electron chi connectivity index (χ3n) is 4.35. The fourth-order valence-electron chi connectivity index (χ4n) is 2.87. The van der Waals surface area contributed by atoms with Gasteiger partial charge in [0.2, 0.25) is 10.0 Å². The van der Waals surface area contributed by atoms with E-state index in [9.17, 15) is 13.2 Å². The number of carbonyl (C=O) groups is 1. The molecule has 1 saturated heterocycles. The molecule has 1 heterocycles. The molecule has 28 heavy (non-hydrogen) atoms. The van der Waals surface area contributed by atoms with Crippen LogP contribution in [0.5, 0.6) is 17.2 Å². The largest absolute Gasteiger partial charge is 0.497 e. The van der Waals surface area contributed by atoms with Crippen molar-refractivity contribution >= 4 is 15.9 Å². The summed E-state index contributed by atoms with van der Waals surface area (Å²) < 4.78 is 37.7. The van der Waals surface area contributed by atoms with Gasteiger partial charge in [0.25, 0.3) is 5.91 Å². The Hall–Kier alpha value is -2.66. The van der Waals surface area contributed by atoms with Crippen LogP contribution in [0.1, 0.15) is 6.42 Å². The van der Waals surface area contributed by atoms with Crippen LogP contribution in [0, 0.1) is 0 Å². The summed E-state index contributed by atoms with van der Waals surface area (Å²) in [7, 11) is -2.37. The van der Waals surface area contributed by atoms with Crippen LogP contribution in [0.3, 0.4) is 0 Å². The number of carbonyl (C=O) groups excluding carboxylic acids is 1. The smallest absolute Gasteiger partial charge is 0.261 e. The number of nitrogens with zero attached hydrogens (tertiary/aromatic N) is 1. The number of ether oxygens (including phenoxy) is 2. The third kappa shape index (κ3) is 4.25. The summed E-state index contributed by atoms with van der Waals surface area (Å²) in [6.45, 7) is 0.448. The minimum absolute atomic E-state index is 0.0222. The van der Waals surface area contributed by atoms with Crippen molar-refractivity contribution in [2.75, 3.05) is 20.3 Å². The Labute approximate surface area is 162 Å². The lowest BCUT2D eigenvalue weighted by Gasteiger charge is -2.33. The van der Waals surface area contributed by atoms with Gasteiger partial charge in [0.15, 0.2) is 0 Å². The van der Waals surface area contributed by atoms with Crippen LogP contribution in [-0.4, -0.2) is 50.2 Å². The van der Waals surface area contributed by atoms with Crippen molar-refractivity contribution in [3.8, 4) is 17.2 Å². The molecule has 1 fully saturated rings. The first-order valence-corrected chi connectivity index (χ1v) is 9.98. The van der Waals surface area contributed by atoms with Gasteiger partial charge < -0.3 is 14.8 Å². The maximum Gasteiger partial charge on any atom is 0.261 e. The van der Waals surface area contributed by atoms with Gasteiger partial charge in [0.05, 0.1) is 18.7 Å². The van der Waals surface area contributed by atoms with Gasteiger partial charge in [-0.2, -0.15) is 4.31 Å². The number of hydrogen-bond acceptors (Lipinski definition) is 7. The Morgan fingerprint density at radius 3 is 2.25 bits per heavy atom. The summed E-state index contributed by atoms with van der Waals surface area (Å²) in [4.78, 5) is 11.9. The summed E-state index contributed by atoms with van der Waals surface area (Å²) >= 11 is 0. The second-order valence-corrected chi connectivity index (χ2v) is 7.97. The summed E-state index contributed by atoms with van der Waals surface area (Å²) in [6, 6.07) is 11.9. The number of benzene rings is 2. The zero-order chi connectivity index (χ0) is 20.1. The molecule has 10 heteroatoms. The van der Waals surface area contributed by atoms with Crippen LogP contribution < -0.4 is 20.3 Å². The number of rotatable bonds is 6. The van der Waals surface area contributed by atoms with Gasteiger partial charge in [-0.15, -0.1) is 0 Å². The predicted octanol–water partition coefficient (Wildman–Crippen LogP) is 1.30. The van der Waals surface area contributed by atoms with E-state index in [1.807, 2.05) is 0 Å². The molecule has 2 aromatic rings. The van der Waals surface area contributed by atoms with Gasteiger partial charge in [0, 0.05) is 0 Å². The molecule has 2 aromatic carbocycles. The number of methoxy groups -OCH3 is 1. The molecule has 0 unspecified atom stereocenters. The van der Waals surface area contributed by atoms with E-state index in [1.54, 1.807) is 31.4 Å². The topological polar surface area (TPSA) is 117 Å². The second-order valence-electron chi connectivity index (χ2n) is 6.08. The minimum atomic E-state index is -3.94. The number of nitrogens with one attached hydrogen (secondary N) is 2. The van der Waals surface area contributed by atoms with Crippen molar-refractivity contribution in [1.29, 1.82) is 0 Å². The molecule has 1 amide bonds. The summed E-state index contributed by atoms with van der Waals surface area (Å²) in [5.41, 5.74) is 1.53. The van der Waals surface area contributed by atoms with Crippen molar-refractivity contribution in [3.63, 3.8) is 0 Å². The maximum absolute atomic E-state index is 12.9. The monoisotopic (exact) mass is 407 g/mol. The lowest BCUT2D eigenvalue weighted by atomic mass is 10.2. The van der Waals surface area contributed by atoms with Gasteiger partial charge in [0.1, 0.15) is 23.3 Å². The average Bonchev–Trinajstić information content (AvgIpc) is 2.74. The fraction of sp³-hybridized carbons (Fsp3) is 0.278. The summed E-state index contributed by atoms with van der Waals surface area (Å²) in [5, 5.41) is 11.8. The van der Waals surface area contributed by atoms with Crippen molar-refractivity contribution in [2.45, 2.75) is 17.4 Å². The van der Waals surface area contributed by atoms with E-state index in [-0.39, 0.29) is 18.0 Å². The molecule has 0 radical (unpaired) electrons. The molecular formula is C18H21N3O6S. The van der Waals surface area contributed by atoms with E-state index in [0.717, 1.165) is 4.31 Å². The van der Waals surface area contributed by atoms with Crippen LogP contribution in [0.25, 0.3) is 0 Å². The van der Waals surface area contributed by atoms with E-state index in [4.69, 9.17) is 14.7 Å². The Morgan fingerprint density at radius 2 is 1.68 bits per heavy atom. The van der Waals surface area contributed by atoms with E-state index < -0.39 is 22.0 Å². The highest BCUT2D eigenvalue weighted by atomic mass is 32.2. The van der Waals surface area contributed by atoms with Gasteiger partial charge >= 0.3 is 0 Å². The van der Waals surface area contributed by atoms with Gasteiger partial charge in [-0.1, -0.05) is 0 Å². The highest BCUT2D eigenvalue weighted by Gasteiger charge is 2.37. The van der Waals surface area contributed by atoms with Gasteiger partial charge in [-0.3, -0.25) is 10.0 Å². The van der Waals surface area contributed by atoms with Crippen LogP contribution in [0.4, 0.5) is 0 Å². The Bertz CT molecular complexity index is 915. The van der Waals surface area contributed by atoms with E-state index in [2.05, 4.69) is 5.32 Å². The zero-order valence-corrected chi connectivity index (χ0v) is 16.0. The molecule has 150 valence electrons. The Balaban J connectivity index is 1.78. The lowest BCUT2D eigenvalue weighted by Crippen LogP contribution is -2.56. The van der Waals surface area contributed by atoms with Gasteiger partial charge in [-0.05, 0) is 61.5 Å². The standard InChI is InChI=1S/C18H21N3O6S/c1-26-13-2-4-14(5-3-13)27-15-6-8-16(9-7-15)28(24,25)21-12-19-11-10-17(21)18(22)20-23/h2-9,17,19,23H,10-12H2,1H3,(H,20,22)/t17-/m1/s1. The summed E-state index contributed by atoms with van der Waals surface area (Å²) in [5.74, 6) is 0.983. The highest BCUT2D eigenvalue weighted by Crippen LogP contribution is 2.27. The average molecular weight is 407 g/mol. The molecular weight excluding hydrogens is 386 g/mol. The molecule has 3 N–H and O–H groups in total. The minimum Gasteiger partial charge on any atom is -0.497 e. The molecule has 9 nitrogen and oxygen atoms in total. The van der Waals surface area contributed by atoms with Crippen LogP contribution in [-0.2, 0) is 14.8 Å². The normalized spacial score (nSPS) is 17.7. The molecule has 0 saturated carbocycles. The molecule has 1 atom stereocenters. The van der Waals surface area contributed by atoms with Gasteiger partial charge in [-0.25, -0.2) is 13.9 Å². The number of sulfonamides is 1. The van der Waals surface area contributed by atoms with Crippen LogP contribution in [0.2, 0.25) is 0 Å². The quantitative estimate of drug-likeness (QED) is 0.488. The molecule has 0 bridgehead atoms. The first-order chi connectivity index (χ1) is 13.5. The molecule has 0 aromatic heterocycles. The first kappa shape index (κ1) is 20.1. The van der Waals surface area contributed by atoms with E-state index in [1.165, 1.54) is 29.7 Å². The van der Waals surface area contributed by atoms with Crippen molar-refractivity contribution in [3.05, 3.63) is 48.5 Å². The lowest BCUT2D eigenvalue weighted by molar-refractivity contribution is -0.134. The maximum atomic E-state index is 12.9. The number of amides is 1. The van der Waals surface area contributed by atoms with Crippen molar-refractivity contribution < 1.29 is 27.9 Å². The van der Waals surface area contributed by atoms with Crippen LogP contribution in [0.15, 0.2) is 53.4 Å². The summed E-state index contributed by atoms with van der Waals surface area (Å²) in [6.07, 6.45) is 0.254. The zero-order valence-electron chi connectivity index (χ0n) is 15.2. The Kier molecular flexibility index (Phi) is 6.15. The molecule has 1 aliphatic heterocycles. The van der Waals surface area contributed by atoms with E-state index >= 15 is 0 Å². The van der Waals surface area contributed by atoms with Crippen molar-refractivity contribution in [2.24, 2.45) is 0 Å². The first-order valence-electron chi connectivity index (χ1n) is 8.54. The highest BCUT2D eigenvalue weighted by molar-refractivity contribution is 7.89. The molecule has 0 spiro atoms. The third-order valence-corrected chi connectivity index (χ3v) is 6.22. The van der Waals surface area contributed by atoms with Crippen molar-refractivity contribution in [1.82, 2.24) is 15.1 Å². The number of hydroxylamine groups is 1. The Morgan fingerprint density at radius 1 is 1.11 bits per heavy atom. The molecule has 3 rings (SSSR count). The van der Waals surface area contributed by atoms with E-state index in [0.29, 0.717) is 23.8 Å². The fourth-order valence-corrected chi connectivity index (χ4v) is 4.41. The molecule has 0 aliphatic carbocycles. The SMILES string of the molecule is COc1ccc(Oc2ccc(S(=O)(=O)N3CNCC[C@@H]3C(=O)NO)cc2)cc1. The predicted molar refractivity (Wildman–Crippen MR) is 99.7 cm³/mol. The number of hydrogen-bond donors (Lipinski definition) is 3. The van der Waals surface area contributed by atoms with Crippen LogP contribution >= 0.6 is 0 Å². The second kappa shape index (κ2) is 8.57. The molecule has 1 aliphatic rings.